The van der Waals surface area contributed by atoms with Gasteiger partial charge in [0.25, 0.3) is 0 Å². The van der Waals surface area contributed by atoms with Crippen LogP contribution in [0.3, 0.4) is 0 Å². The van der Waals surface area contributed by atoms with Crippen molar-refractivity contribution in [3.8, 4) is 0 Å². The van der Waals surface area contributed by atoms with Gasteiger partial charge >= 0.3 is 0 Å². The van der Waals surface area contributed by atoms with Crippen molar-refractivity contribution >= 4 is 10.8 Å². The van der Waals surface area contributed by atoms with Crippen LogP contribution in [0.1, 0.15) is 25.7 Å². The molecule has 0 spiro atoms. The van der Waals surface area contributed by atoms with E-state index in [1.165, 1.54) is 0 Å². The first kappa shape index (κ1) is 10.5. The summed E-state index contributed by atoms with van der Waals surface area (Å²) in [5, 5.41) is 10.4. The van der Waals surface area contributed by atoms with Gasteiger partial charge in [0.2, 0.25) is 0 Å². The van der Waals surface area contributed by atoms with Crippen LogP contribution in [0.25, 0.3) is 0 Å². The Morgan fingerprint density at radius 2 is 2.06 bits per heavy atom. The predicted molar refractivity (Wildman–Crippen MR) is 63.5 cm³/mol. The van der Waals surface area contributed by atoms with Crippen LogP contribution in [0.5, 0.6) is 0 Å². The van der Waals surface area contributed by atoms with Crippen LogP contribution in [0.2, 0.25) is 0 Å². The number of fused-ring (bicyclic) bond motifs is 1. The van der Waals surface area contributed by atoms with E-state index in [9.17, 15) is 9.32 Å². The van der Waals surface area contributed by atoms with Gasteiger partial charge in [-0.05, 0) is 37.3 Å². The van der Waals surface area contributed by atoms with Crippen LogP contribution in [0, 0.1) is 5.92 Å². The number of hydrogen-bond acceptors (Lipinski definition) is 2. The Morgan fingerprint density at radius 1 is 1.31 bits per heavy atom. The summed E-state index contributed by atoms with van der Waals surface area (Å²) in [6.07, 6.45) is 3.96. The van der Waals surface area contributed by atoms with Crippen molar-refractivity contribution in [2.75, 3.05) is 0 Å². The van der Waals surface area contributed by atoms with Crippen molar-refractivity contribution < 1.29 is 9.32 Å². The first-order valence-corrected chi connectivity index (χ1v) is 7.11. The van der Waals surface area contributed by atoms with E-state index in [1.807, 2.05) is 30.3 Å². The normalized spacial score (nSPS) is 38.8. The minimum atomic E-state index is -1.04. The molecule has 2 fully saturated rings. The van der Waals surface area contributed by atoms with Gasteiger partial charge in [0.1, 0.15) is 0 Å². The Kier molecular flexibility index (Phi) is 2.41. The zero-order chi connectivity index (χ0) is 11.2. The smallest absolute Gasteiger partial charge is 0.0822 e. The fourth-order valence-electron chi connectivity index (χ4n) is 3.13. The summed E-state index contributed by atoms with van der Waals surface area (Å²) >= 11 is 0. The van der Waals surface area contributed by atoms with E-state index in [-0.39, 0.29) is 5.25 Å². The fraction of sp³-hybridized carbons (Fsp3) is 0.538. The monoisotopic (exact) mass is 236 g/mol. The van der Waals surface area contributed by atoms with E-state index in [0.717, 1.165) is 30.6 Å². The fourth-order valence-corrected chi connectivity index (χ4v) is 4.97. The Bertz CT molecular complexity index is 417. The number of hydrogen-bond donors (Lipinski definition) is 1. The highest BCUT2D eigenvalue weighted by molar-refractivity contribution is 7.85. The predicted octanol–water partition coefficient (Wildman–Crippen LogP) is 2.10. The zero-order valence-corrected chi connectivity index (χ0v) is 9.95. The van der Waals surface area contributed by atoms with Crippen LogP contribution in [0.4, 0.5) is 0 Å². The molecular formula is C13H16O2S. The van der Waals surface area contributed by atoms with Crippen LogP contribution >= 0.6 is 0 Å². The molecule has 0 bridgehead atoms. The average Bonchev–Trinajstić information content (AvgIpc) is 2.59. The molecule has 2 saturated carbocycles. The molecule has 0 aliphatic heterocycles. The highest BCUT2D eigenvalue weighted by Gasteiger charge is 2.58. The van der Waals surface area contributed by atoms with Crippen LogP contribution < -0.4 is 0 Å². The van der Waals surface area contributed by atoms with Crippen molar-refractivity contribution in [1.29, 1.82) is 0 Å². The van der Waals surface area contributed by atoms with Gasteiger partial charge in [-0.3, -0.25) is 4.21 Å². The molecule has 16 heavy (non-hydrogen) atoms. The van der Waals surface area contributed by atoms with Crippen molar-refractivity contribution in [2.24, 2.45) is 5.92 Å². The molecule has 2 nitrogen and oxygen atoms in total. The van der Waals surface area contributed by atoms with E-state index < -0.39 is 16.4 Å². The summed E-state index contributed by atoms with van der Waals surface area (Å²) in [6.45, 7) is 0. The van der Waals surface area contributed by atoms with Gasteiger partial charge < -0.3 is 5.11 Å². The van der Waals surface area contributed by atoms with Crippen molar-refractivity contribution in [1.82, 2.24) is 0 Å². The van der Waals surface area contributed by atoms with Gasteiger partial charge in [0.15, 0.2) is 0 Å². The summed E-state index contributed by atoms with van der Waals surface area (Å²) in [7, 11) is -1.04. The first-order chi connectivity index (χ1) is 7.72. The maximum absolute atomic E-state index is 12.3. The van der Waals surface area contributed by atoms with E-state index in [4.69, 9.17) is 0 Å². The van der Waals surface area contributed by atoms with Crippen molar-refractivity contribution in [3.63, 3.8) is 0 Å². The molecule has 3 heteroatoms. The van der Waals surface area contributed by atoms with Gasteiger partial charge in [-0.1, -0.05) is 24.6 Å². The van der Waals surface area contributed by atoms with Gasteiger partial charge in [-0.25, -0.2) is 0 Å². The third-order valence-electron chi connectivity index (χ3n) is 4.13. The highest BCUT2D eigenvalue weighted by Crippen LogP contribution is 2.53. The van der Waals surface area contributed by atoms with Crippen LogP contribution in [0.15, 0.2) is 35.2 Å². The lowest BCUT2D eigenvalue weighted by Gasteiger charge is -2.47. The molecule has 0 radical (unpaired) electrons. The largest absolute Gasteiger partial charge is 0.388 e. The Balaban J connectivity index is 1.83. The van der Waals surface area contributed by atoms with E-state index in [2.05, 4.69) is 0 Å². The molecule has 2 aliphatic rings. The van der Waals surface area contributed by atoms with Crippen LogP contribution in [-0.2, 0) is 10.8 Å². The van der Waals surface area contributed by atoms with Gasteiger partial charge in [-0.2, -0.15) is 0 Å². The molecule has 86 valence electrons. The third-order valence-corrected chi connectivity index (χ3v) is 5.98. The summed E-state index contributed by atoms with van der Waals surface area (Å²) < 4.78 is 12.3. The first-order valence-electron chi connectivity index (χ1n) is 5.90. The van der Waals surface area contributed by atoms with E-state index in [1.54, 1.807) is 0 Å². The van der Waals surface area contributed by atoms with Gasteiger partial charge in [0.05, 0.1) is 21.7 Å². The standard InChI is InChI=1S/C13H16O2S/c14-13-8-4-5-10(13)9-12(13)16(15)11-6-2-1-3-7-11/h1-3,6-7,10,12,14H,4-5,8-9H2/t10-,12-,13+,16?/m1/s1. The minimum absolute atomic E-state index is 0.0394. The Labute approximate surface area is 98.1 Å². The number of benzene rings is 1. The average molecular weight is 236 g/mol. The van der Waals surface area contributed by atoms with Crippen molar-refractivity contribution in [3.05, 3.63) is 30.3 Å². The second kappa shape index (κ2) is 3.67. The molecule has 3 rings (SSSR count). The summed E-state index contributed by atoms with van der Waals surface area (Å²) in [4.78, 5) is 0.853. The lowest BCUT2D eigenvalue weighted by Crippen LogP contribution is -2.58. The van der Waals surface area contributed by atoms with Gasteiger partial charge in [-0.15, -0.1) is 0 Å². The maximum Gasteiger partial charge on any atom is 0.0822 e. The summed E-state index contributed by atoms with van der Waals surface area (Å²) in [6, 6.07) is 9.52. The maximum atomic E-state index is 12.3. The SMILES string of the molecule is O=S(c1ccccc1)[C@@H]1C[C@H]2CCC[C@]21O. The van der Waals surface area contributed by atoms with Crippen LogP contribution in [-0.4, -0.2) is 20.2 Å². The third kappa shape index (κ3) is 1.38. The van der Waals surface area contributed by atoms with Crippen molar-refractivity contribution in [2.45, 2.75) is 41.4 Å². The molecule has 2 aliphatic carbocycles. The van der Waals surface area contributed by atoms with Gasteiger partial charge in [0, 0.05) is 4.90 Å². The minimum Gasteiger partial charge on any atom is -0.388 e. The molecule has 0 amide bonds. The lowest BCUT2D eigenvalue weighted by atomic mass is 9.71. The molecule has 0 aromatic heterocycles. The second-order valence-corrected chi connectivity index (χ2v) is 6.55. The second-order valence-electron chi connectivity index (χ2n) is 4.92. The molecule has 4 atom stereocenters. The molecular weight excluding hydrogens is 220 g/mol. The molecule has 1 unspecified atom stereocenters. The highest BCUT2D eigenvalue weighted by atomic mass is 32.2. The molecule has 0 heterocycles. The van der Waals surface area contributed by atoms with E-state index in [0.29, 0.717) is 5.92 Å². The molecule has 1 aromatic carbocycles. The quantitative estimate of drug-likeness (QED) is 0.854. The lowest BCUT2D eigenvalue weighted by molar-refractivity contribution is -0.0646. The number of aliphatic hydroxyl groups is 1. The topological polar surface area (TPSA) is 37.3 Å². The summed E-state index contributed by atoms with van der Waals surface area (Å²) in [5.74, 6) is 0.408. The Hall–Kier alpha value is -0.670. The molecule has 0 saturated heterocycles. The number of rotatable bonds is 2. The Morgan fingerprint density at radius 3 is 2.75 bits per heavy atom. The zero-order valence-electron chi connectivity index (χ0n) is 9.13. The van der Waals surface area contributed by atoms with E-state index >= 15 is 0 Å². The summed E-state index contributed by atoms with van der Waals surface area (Å²) in [5.41, 5.74) is -0.624. The molecule has 1 aromatic rings. The molecule has 1 N–H and O–H groups in total.